The largest absolute Gasteiger partial charge is 0.465 e. The zero-order chi connectivity index (χ0) is 13.6. The predicted octanol–water partition coefficient (Wildman–Crippen LogP) is 2.64. The van der Waals surface area contributed by atoms with Crippen LogP contribution in [0.25, 0.3) is 0 Å². The SMILES string of the molecule is CC.COC(=O)c1cc(Cl)c(N)c([N+](=O)[O-])c1. The molecule has 0 aliphatic heterocycles. The fourth-order valence-corrected chi connectivity index (χ4v) is 1.20. The van der Waals surface area contributed by atoms with Crippen LogP contribution in [0.15, 0.2) is 12.1 Å². The summed E-state index contributed by atoms with van der Waals surface area (Å²) in [4.78, 5) is 20.9. The van der Waals surface area contributed by atoms with Crippen LogP contribution in [-0.4, -0.2) is 18.0 Å². The fraction of sp³-hybridized carbons (Fsp3) is 0.300. The van der Waals surface area contributed by atoms with E-state index in [1.807, 2.05) is 13.8 Å². The van der Waals surface area contributed by atoms with Gasteiger partial charge in [-0.2, -0.15) is 0 Å². The maximum Gasteiger partial charge on any atom is 0.338 e. The molecule has 7 heteroatoms. The molecule has 1 aromatic rings. The first-order chi connectivity index (χ1) is 7.97. The number of nitro groups is 1. The number of anilines is 1. The third-order valence-electron chi connectivity index (χ3n) is 1.73. The van der Waals surface area contributed by atoms with Crippen molar-refractivity contribution in [2.75, 3.05) is 12.8 Å². The second-order valence-electron chi connectivity index (χ2n) is 2.64. The summed E-state index contributed by atoms with van der Waals surface area (Å²) < 4.78 is 4.40. The van der Waals surface area contributed by atoms with Gasteiger partial charge in [0.25, 0.3) is 5.69 Å². The van der Waals surface area contributed by atoms with E-state index in [-0.39, 0.29) is 16.3 Å². The molecule has 0 fully saturated rings. The molecular weight excluding hydrogens is 248 g/mol. The van der Waals surface area contributed by atoms with Crippen LogP contribution in [0.3, 0.4) is 0 Å². The highest BCUT2D eigenvalue weighted by molar-refractivity contribution is 6.34. The van der Waals surface area contributed by atoms with Crippen molar-refractivity contribution in [3.8, 4) is 0 Å². The number of rotatable bonds is 2. The molecule has 0 atom stereocenters. The molecule has 0 aliphatic rings. The maximum atomic E-state index is 11.1. The lowest BCUT2D eigenvalue weighted by atomic mass is 10.2. The van der Waals surface area contributed by atoms with Crippen LogP contribution < -0.4 is 5.73 Å². The molecule has 94 valence electrons. The summed E-state index contributed by atoms with van der Waals surface area (Å²) in [5, 5.41) is 10.5. The van der Waals surface area contributed by atoms with Crippen molar-refractivity contribution in [3.63, 3.8) is 0 Å². The average molecular weight is 261 g/mol. The highest BCUT2D eigenvalue weighted by atomic mass is 35.5. The zero-order valence-electron chi connectivity index (χ0n) is 9.69. The summed E-state index contributed by atoms with van der Waals surface area (Å²) in [5.41, 5.74) is 4.77. The number of carbonyl (C=O) groups is 1. The van der Waals surface area contributed by atoms with Crippen LogP contribution in [0.2, 0.25) is 5.02 Å². The monoisotopic (exact) mass is 260 g/mol. The number of ether oxygens (including phenoxy) is 1. The van der Waals surface area contributed by atoms with Gasteiger partial charge in [-0.3, -0.25) is 10.1 Å². The van der Waals surface area contributed by atoms with Gasteiger partial charge >= 0.3 is 5.97 Å². The number of esters is 1. The number of nitrogens with two attached hydrogens (primary N) is 1. The summed E-state index contributed by atoms with van der Waals surface area (Å²) in [6, 6.07) is 2.24. The van der Waals surface area contributed by atoms with Crippen molar-refractivity contribution in [2.24, 2.45) is 0 Å². The van der Waals surface area contributed by atoms with Gasteiger partial charge in [-0.15, -0.1) is 0 Å². The normalized spacial score (nSPS) is 8.94. The van der Waals surface area contributed by atoms with Gasteiger partial charge in [-0.05, 0) is 6.07 Å². The van der Waals surface area contributed by atoms with E-state index in [2.05, 4.69) is 4.74 Å². The number of nitro benzene ring substituents is 1. The second-order valence-corrected chi connectivity index (χ2v) is 3.05. The molecule has 17 heavy (non-hydrogen) atoms. The van der Waals surface area contributed by atoms with Gasteiger partial charge in [0.05, 0.1) is 22.6 Å². The van der Waals surface area contributed by atoms with Crippen LogP contribution in [0.4, 0.5) is 11.4 Å². The lowest BCUT2D eigenvalue weighted by molar-refractivity contribution is -0.383. The van der Waals surface area contributed by atoms with Crippen LogP contribution in [0.1, 0.15) is 24.2 Å². The molecule has 0 saturated carbocycles. The van der Waals surface area contributed by atoms with Crippen LogP contribution in [-0.2, 0) is 4.74 Å². The van der Waals surface area contributed by atoms with Gasteiger partial charge in [-0.1, -0.05) is 25.4 Å². The summed E-state index contributed by atoms with van der Waals surface area (Å²) in [6.07, 6.45) is 0. The maximum absolute atomic E-state index is 11.1. The first kappa shape index (κ1) is 15.2. The minimum Gasteiger partial charge on any atom is -0.465 e. The van der Waals surface area contributed by atoms with Crippen molar-refractivity contribution in [1.82, 2.24) is 0 Å². The Hall–Kier alpha value is -1.82. The summed E-state index contributed by atoms with van der Waals surface area (Å²) >= 11 is 5.63. The quantitative estimate of drug-likeness (QED) is 0.382. The predicted molar refractivity (Wildman–Crippen MR) is 65.2 cm³/mol. The molecule has 1 rings (SSSR count). The smallest absolute Gasteiger partial charge is 0.338 e. The van der Waals surface area contributed by atoms with Gasteiger partial charge in [0.1, 0.15) is 5.69 Å². The molecule has 0 bridgehead atoms. The third-order valence-corrected chi connectivity index (χ3v) is 2.04. The number of hydrogen-bond donors (Lipinski definition) is 1. The van der Waals surface area contributed by atoms with E-state index in [0.717, 1.165) is 6.07 Å². The molecular formula is C10H13ClN2O4. The van der Waals surface area contributed by atoms with Gasteiger partial charge in [0.2, 0.25) is 0 Å². The number of halogens is 1. The fourth-order valence-electron chi connectivity index (χ4n) is 0.990. The first-order valence-electron chi connectivity index (χ1n) is 4.79. The number of methoxy groups -OCH3 is 1. The van der Waals surface area contributed by atoms with E-state index in [9.17, 15) is 14.9 Å². The lowest BCUT2D eigenvalue weighted by Gasteiger charge is -2.03. The second kappa shape index (κ2) is 6.70. The Balaban J connectivity index is 0.00000121. The summed E-state index contributed by atoms with van der Waals surface area (Å²) in [7, 11) is 1.17. The van der Waals surface area contributed by atoms with E-state index >= 15 is 0 Å². The van der Waals surface area contributed by atoms with Crippen molar-refractivity contribution in [1.29, 1.82) is 0 Å². The van der Waals surface area contributed by atoms with E-state index in [1.54, 1.807) is 0 Å². The van der Waals surface area contributed by atoms with Crippen molar-refractivity contribution < 1.29 is 14.5 Å². The molecule has 2 N–H and O–H groups in total. The Morgan fingerprint density at radius 2 is 2.00 bits per heavy atom. The molecule has 0 heterocycles. The molecule has 0 unspecified atom stereocenters. The number of hydrogen-bond acceptors (Lipinski definition) is 5. The minimum absolute atomic E-state index is 0.0107. The number of benzene rings is 1. The molecule has 6 nitrogen and oxygen atoms in total. The highest BCUT2D eigenvalue weighted by Gasteiger charge is 2.19. The van der Waals surface area contributed by atoms with Gasteiger partial charge in [0, 0.05) is 6.07 Å². The van der Waals surface area contributed by atoms with E-state index in [1.165, 1.54) is 13.2 Å². The Morgan fingerprint density at radius 3 is 2.41 bits per heavy atom. The number of nitrogens with zero attached hydrogens (tertiary/aromatic N) is 1. The molecule has 1 aromatic carbocycles. The van der Waals surface area contributed by atoms with Crippen molar-refractivity contribution in [2.45, 2.75) is 13.8 Å². The Morgan fingerprint density at radius 1 is 1.47 bits per heavy atom. The summed E-state index contributed by atoms with van der Waals surface area (Å²) in [6.45, 7) is 4.00. The standard InChI is InChI=1S/C8H7ClN2O4.C2H6/c1-15-8(12)4-2-5(9)7(10)6(3-4)11(13)14;1-2/h2-3H,10H2,1H3;1-2H3. The minimum atomic E-state index is -0.715. The highest BCUT2D eigenvalue weighted by Crippen LogP contribution is 2.30. The third kappa shape index (κ3) is 3.60. The van der Waals surface area contributed by atoms with Gasteiger partial charge in [-0.25, -0.2) is 4.79 Å². The molecule has 0 amide bonds. The van der Waals surface area contributed by atoms with Crippen LogP contribution >= 0.6 is 11.6 Å². The average Bonchev–Trinajstić information content (AvgIpc) is 2.33. The zero-order valence-corrected chi connectivity index (χ0v) is 10.4. The number of nitrogen functional groups attached to an aromatic ring is 1. The first-order valence-corrected chi connectivity index (χ1v) is 5.17. The Kier molecular flexibility index (Phi) is 5.98. The van der Waals surface area contributed by atoms with Crippen molar-refractivity contribution >= 4 is 28.9 Å². The van der Waals surface area contributed by atoms with E-state index < -0.39 is 16.6 Å². The molecule has 0 aliphatic carbocycles. The summed E-state index contributed by atoms with van der Waals surface area (Å²) in [5.74, 6) is -0.708. The van der Waals surface area contributed by atoms with Crippen molar-refractivity contribution in [3.05, 3.63) is 32.8 Å². The van der Waals surface area contributed by atoms with Gasteiger partial charge < -0.3 is 10.5 Å². The van der Waals surface area contributed by atoms with E-state index in [0.29, 0.717) is 0 Å². The van der Waals surface area contributed by atoms with Gasteiger partial charge in [0.15, 0.2) is 0 Å². The van der Waals surface area contributed by atoms with Crippen LogP contribution in [0.5, 0.6) is 0 Å². The Labute approximate surface area is 103 Å². The number of carbonyl (C=O) groups excluding carboxylic acids is 1. The molecule has 0 saturated heterocycles. The molecule has 0 spiro atoms. The Bertz CT molecular complexity index is 435. The molecule has 0 aromatic heterocycles. The topological polar surface area (TPSA) is 95.5 Å². The van der Waals surface area contributed by atoms with Crippen LogP contribution in [0, 0.1) is 10.1 Å². The molecule has 0 radical (unpaired) electrons. The van der Waals surface area contributed by atoms with E-state index in [4.69, 9.17) is 17.3 Å². The lowest BCUT2D eigenvalue weighted by Crippen LogP contribution is -2.04.